The van der Waals surface area contributed by atoms with Crippen LogP contribution < -0.4 is 11.1 Å². The Labute approximate surface area is 162 Å². The minimum atomic E-state index is -4.31. The van der Waals surface area contributed by atoms with Crippen LogP contribution in [-0.2, 0) is 14.8 Å². The van der Waals surface area contributed by atoms with E-state index in [0.717, 1.165) is 28.9 Å². The number of benzene rings is 1. The Morgan fingerprint density at radius 2 is 1.64 bits per heavy atom. The summed E-state index contributed by atoms with van der Waals surface area (Å²) in [5.41, 5.74) is 4.95. The van der Waals surface area contributed by atoms with Gasteiger partial charge in [0.25, 0.3) is 0 Å². The van der Waals surface area contributed by atoms with Crippen LogP contribution in [-0.4, -0.2) is 62.3 Å². The Morgan fingerprint density at radius 1 is 1.04 bits per heavy atom. The number of hydrogen-bond donors (Lipinski definition) is 2. The van der Waals surface area contributed by atoms with Crippen molar-refractivity contribution in [1.29, 1.82) is 0 Å². The fraction of sp³-hybridized carbons (Fsp3) is 0.529. The summed E-state index contributed by atoms with van der Waals surface area (Å²) in [5, 5.41) is 2.47. The van der Waals surface area contributed by atoms with Crippen molar-refractivity contribution in [2.24, 2.45) is 5.73 Å². The van der Waals surface area contributed by atoms with Crippen molar-refractivity contribution in [3.05, 3.63) is 29.8 Å². The number of hydrogen-bond acceptors (Lipinski definition) is 4. The predicted molar refractivity (Wildman–Crippen MR) is 97.8 cm³/mol. The fourth-order valence-electron chi connectivity index (χ4n) is 2.98. The van der Waals surface area contributed by atoms with Gasteiger partial charge >= 0.3 is 6.03 Å². The maximum Gasteiger partial charge on any atom is 0.312 e. The second-order valence-corrected chi connectivity index (χ2v) is 8.31. The number of halogens is 2. The summed E-state index contributed by atoms with van der Waals surface area (Å²) in [6, 6.07) is 2.31. The zero-order valence-corrected chi connectivity index (χ0v) is 16.2. The number of urea groups is 1. The van der Waals surface area contributed by atoms with Gasteiger partial charge in [0, 0.05) is 39.1 Å². The maximum atomic E-state index is 13.8. The van der Waals surface area contributed by atoms with Gasteiger partial charge in [0.05, 0.1) is 0 Å². The van der Waals surface area contributed by atoms with E-state index in [-0.39, 0.29) is 32.1 Å². The number of unbranched alkanes of at least 4 members (excludes halogenated alkanes) is 2. The third-order valence-electron chi connectivity index (χ3n) is 4.47. The van der Waals surface area contributed by atoms with Gasteiger partial charge in [-0.25, -0.2) is 22.0 Å². The summed E-state index contributed by atoms with van der Waals surface area (Å²) >= 11 is 0. The number of rotatable bonds is 8. The first kappa shape index (κ1) is 22.0. The van der Waals surface area contributed by atoms with Gasteiger partial charge in [-0.2, -0.15) is 4.31 Å². The van der Waals surface area contributed by atoms with Crippen LogP contribution in [0.4, 0.5) is 13.6 Å². The Morgan fingerprint density at radius 3 is 2.21 bits per heavy atom. The number of nitrogens with one attached hydrogen (secondary N) is 1. The summed E-state index contributed by atoms with van der Waals surface area (Å²) in [6.07, 6.45) is 2.40. The number of nitrogens with zero attached hydrogens (tertiary/aromatic N) is 2. The third-order valence-corrected chi connectivity index (χ3v) is 6.43. The second kappa shape index (κ2) is 9.78. The van der Waals surface area contributed by atoms with Crippen molar-refractivity contribution in [2.45, 2.75) is 30.6 Å². The predicted octanol–water partition coefficient (Wildman–Crippen LogP) is 1.03. The lowest BCUT2D eigenvalue weighted by atomic mass is 10.1. The SMILES string of the molecule is NC(=O)NCCCCCC(=O)N1CCN(S(=O)(=O)c2c(F)cccc2F)CC1. The summed E-state index contributed by atoms with van der Waals surface area (Å²) in [6.45, 7) is 0.732. The molecular formula is C17H24F2N4O4S. The molecule has 8 nitrogen and oxygen atoms in total. The summed E-state index contributed by atoms with van der Waals surface area (Å²) in [7, 11) is -4.31. The lowest BCUT2D eigenvalue weighted by molar-refractivity contribution is -0.132. The number of piperazine rings is 1. The maximum absolute atomic E-state index is 13.8. The van der Waals surface area contributed by atoms with Crippen molar-refractivity contribution < 1.29 is 26.8 Å². The zero-order valence-electron chi connectivity index (χ0n) is 15.4. The van der Waals surface area contributed by atoms with Crippen LogP contribution in [0.5, 0.6) is 0 Å². The first-order valence-corrected chi connectivity index (χ1v) is 10.4. The average Bonchev–Trinajstić information content (AvgIpc) is 2.64. The van der Waals surface area contributed by atoms with Crippen LogP contribution in [0.15, 0.2) is 23.1 Å². The van der Waals surface area contributed by atoms with Crippen LogP contribution in [0.1, 0.15) is 25.7 Å². The van der Waals surface area contributed by atoms with Crippen LogP contribution >= 0.6 is 0 Å². The van der Waals surface area contributed by atoms with Gasteiger partial charge in [-0.15, -0.1) is 0 Å². The Balaban J connectivity index is 1.82. The molecule has 0 aromatic heterocycles. The van der Waals surface area contributed by atoms with Crippen molar-refractivity contribution in [3.63, 3.8) is 0 Å². The Hall–Kier alpha value is -2.27. The molecule has 3 amide bonds. The molecule has 1 aliphatic rings. The zero-order chi connectivity index (χ0) is 20.7. The first-order valence-electron chi connectivity index (χ1n) is 8.98. The van der Waals surface area contributed by atoms with E-state index in [1.54, 1.807) is 4.90 Å². The first-order chi connectivity index (χ1) is 13.2. The second-order valence-electron chi connectivity index (χ2n) is 6.44. The third kappa shape index (κ3) is 5.61. The molecule has 1 aromatic carbocycles. The number of nitrogens with two attached hydrogens (primary N) is 1. The van der Waals surface area contributed by atoms with Crippen molar-refractivity contribution in [3.8, 4) is 0 Å². The van der Waals surface area contributed by atoms with Gasteiger partial charge < -0.3 is 16.0 Å². The lowest BCUT2D eigenvalue weighted by Gasteiger charge is -2.34. The monoisotopic (exact) mass is 418 g/mol. The van der Waals surface area contributed by atoms with E-state index in [4.69, 9.17) is 5.73 Å². The molecular weight excluding hydrogens is 394 g/mol. The molecule has 0 unspecified atom stereocenters. The Kier molecular flexibility index (Phi) is 7.69. The molecule has 0 spiro atoms. The molecule has 2 rings (SSSR count). The molecule has 11 heteroatoms. The van der Waals surface area contributed by atoms with Gasteiger partial charge in [-0.1, -0.05) is 12.5 Å². The van der Waals surface area contributed by atoms with Crippen molar-refractivity contribution in [1.82, 2.24) is 14.5 Å². The van der Waals surface area contributed by atoms with Gasteiger partial charge in [0.2, 0.25) is 15.9 Å². The topological polar surface area (TPSA) is 113 Å². The Bertz CT molecular complexity index is 791. The fourth-order valence-corrected chi connectivity index (χ4v) is 4.51. The minimum Gasteiger partial charge on any atom is -0.352 e. The molecule has 28 heavy (non-hydrogen) atoms. The smallest absolute Gasteiger partial charge is 0.312 e. The number of sulfonamides is 1. The highest BCUT2D eigenvalue weighted by Gasteiger charge is 2.33. The van der Waals surface area contributed by atoms with Gasteiger partial charge in [-0.3, -0.25) is 4.79 Å². The summed E-state index contributed by atoms with van der Waals surface area (Å²) in [5.74, 6) is -2.37. The summed E-state index contributed by atoms with van der Waals surface area (Å²) < 4.78 is 53.7. The van der Waals surface area contributed by atoms with Crippen LogP contribution in [0.2, 0.25) is 0 Å². The van der Waals surface area contributed by atoms with E-state index in [1.165, 1.54) is 0 Å². The lowest BCUT2D eigenvalue weighted by Crippen LogP contribution is -2.50. The van der Waals surface area contributed by atoms with Crippen molar-refractivity contribution >= 4 is 22.0 Å². The number of primary amides is 1. The number of carbonyl (C=O) groups excluding carboxylic acids is 2. The summed E-state index contributed by atoms with van der Waals surface area (Å²) in [4.78, 5) is 23.3. The van der Waals surface area contributed by atoms with Crippen LogP contribution in [0.3, 0.4) is 0 Å². The number of amides is 3. The van der Waals surface area contributed by atoms with Gasteiger partial charge in [0.1, 0.15) is 11.6 Å². The molecule has 1 heterocycles. The number of carbonyl (C=O) groups is 2. The highest BCUT2D eigenvalue weighted by atomic mass is 32.2. The minimum absolute atomic E-state index is 0.0234. The molecule has 0 atom stereocenters. The van der Waals surface area contributed by atoms with Gasteiger partial charge in [-0.05, 0) is 25.0 Å². The molecule has 1 fully saturated rings. The normalized spacial score (nSPS) is 15.4. The van der Waals surface area contributed by atoms with Crippen LogP contribution in [0.25, 0.3) is 0 Å². The van der Waals surface area contributed by atoms with Crippen molar-refractivity contribution in [2.75, 3.05) is 32.7 Å². The molecule has 0 radical (unpaired) electrons. The largest absolute Gasteiger partial charge is 0.352 e. The standard InChI is InChI=1S/C17H24F2N4O4S/c18-13-5-4-6-14(19)16(13)28(26,27)23-11-9-22(10-12-23)15(24)7-2-1-3-8-21-17(20)25/h4-6H,1-3,7-12H2,(H3,20,21,25). The molecule has 1 aromatic rings. The molecule has 0 saturated carbocycles. The quantitative estimate of drug-likeness (QED) is 0.614. The molecule has 0 aliphatic carbocycles. The molecule has 3 N–H and O–H groups in total. The van der Waals surface area contributed by atoms with E-state index < -0.39 is 32.6 Å². The molecule has 0 bridgehead atoms. The van der Waals surface area contributed by atoms with E-state index in [9.17, 15) is 26.8 Å². The van der Waals surface area contributed by atoms with Gasteiger partial charge in [0.15, 0.2) is 4.90 Å². The molecule has 156 valence electrons. The molecule has 1 saturated heterocycles. The van der Waals surface area contributed by atoms with E-state index in [0.29, 0.717) is 25.8 Å². The van der Waals surface area contributed by atoms with E-state index >= 15 is 0 Å². The highest BCUT2D eigenvalue weighted by Crippen LogP contribution is 2.23. The van der Waals surface area contributed by atoms with Crippen LogP contribution in [0, 0.1) is 11.6 Å². The average molecular weight is 418 g/mol. The highest BCUT2D eigenvalue weighted by molar-refractivity contribution is 7.89. The molecule has 1 aliphatic heterocycles. The van der Waals surface area contributed by atoms with E-state index in [2.05, 4.69) is 5.32 Å². The van der Waals surface area contributed by atoms with E-state index in [1.807, 2.05) is 0 Å².